The van der Waals surface area contributed by atoms with Crippen molar-refractivity contribution >= 4 is 22.0 Å². The van der Waals surface area contributed by atoms with Crippen molar-refractivity contribution in [3.05, 3.63) is 29.8 Å². The topological polar surface area (TPSA) is 110 Å². The minimum absolute atomic E-state index is 0.348. The quantitative estimate of drug-likeness (QED) is 0.437. The molecule has 1 rings (SSSR count). The molecule has 0 heterocycles. The van der Waals surface area contributed by atoms with Gasteiger partial charge in [-0.1, -0.05) is 12.1 Å². The van der Waals surface area contributed by atoms with E-state index >= 15 is 0 Å². The number of amides is 1. The van der Waals surface area contributed by atoms with Gasteiger partial charge in [-0.25, -0.2) is 4.39 Å². The molecular formula is C13H13F4NO6S. The minimum atomic E-state index is -5.88. The van der Waals surface area contributed by atoms with Crippen molar-refractivity contribution in [3.8, 4) is 5.75 Å². The molecule has 0 bridgehead atoms. The van der Waals surface area contributed by atoms with E-state index in [2.05, 4.69) is 4.18 Å². The SMILES string of the molecule is C[C@H](NC(=O)[C@](C)(F)c1ccc(OS(=O)(=O)C(F)(F)F)cc1)C(=O)O. The number of carboxylic acid groups (broad SMARTS) is 1. The second-order valence-corrected chi connectivity index (χ2v) is 6.58. The van der Waals surface area contributed by atoms with Crippen molar-refractivity contribution in [2.24, 2.45) is 0 Å². The molecule has 1 amide bonds. The van der Waals surface area contributed by atoms with Crippen LogP contribution in [0.25, 0.3) is 0 Å². The number of alkyl halides is 4. The van der Waals surface area contributed by atoms with E-state index < -0.39 is 45.0 Å². The van der Waals surface area contributed by atoms with Crippen LogP contribution in [-0.4, -0.2) is 37.0 Å². The highest BCUT2D eigenvalue weighted by Gasteiger charge is 2.48. The van der Waals surface area contributed by atoms with Gasteiger partial charge in [0.05, 0.1) is 0 Å². The maximum Gasteiger partial charge on any atom is 0.534 e. The number of hydrogen-bond acceptors (Lipinski definition) is 5. The van der Waals surface area contributed by atoms with E-state index in [9.17, 15) is 35.6 Å². The zero-order chi connectivity index (χ0) is 19.6. The van der Waals surface area contributed by atoms with Gasteiger partial charge in [-0.15, -0.1) is 0 Å². The largest absolute Gasteiger partial charge is 0.534 e. The second kappa shape index (κ2) is 6.86. The van der Waals surface area contributed by atoms with Crippen molar-refractivity contribution in [3.63, 3.8) is 0 Å². The summed E-state index contributed by atoms with van der Waals surface area (Å²) in [5, 5.41) is 10.6. The molecule has 0 unspecified atom stereocenters. The number of benzene rings is 1. The summed E-state index contributed by atoms with van der Waals surface area (Å²) in [6.45, 7) is 1.91. The van der Waals surface area contributed by atoms with Crippen LogP contribution in [0.1, 0.15) is 19.4 Å². The van der Waals surface area contributed by atoms with Crippen LogP contribution < -0.4 is 9.50 Å². The van der Waals surface area contributed by atoms with Crippen molar-refractivity contribution < 1.29 is 44.9 Å². The maximum atomic E-state index is 14.6. The molecule has 0 radical (unpaired) electrons. The van der Waals surface area contributed by atoms with Crippen molar-refractivity contribution in [2.75, 3.05) is 0 Å². The lowest BCUT2D eigenvalue weighted by atomic mass is 9.96. The van der Waals surface area contributed by atoms with E-state index in [1.807, 2.05) is 5.32 Å². The maximum absolute atomic E-state index is 14.6. The first-order valence-electron chi connectivity index (χ1n) is 6.52. The van der Waals surface area contributed by atoms with E-state index in [-0.39, 0.29) is 5.56 Å². The number of carboxylic acids is 1. The molecule has 0 fully saturated rings. The Morgan fingerprint density at radius 2 is 1.64 bits per heavy atom. The molecule has 2 atom stereocenters. The monoisotopic (exact) mass is 387 g/mol. The molecule has 140 valence electrons. The Bertz CT molecular complexity index is 758. The van der Waals surface area contributed by atoms with Gasteiger partial charge in [-0.3, -0.25) is 9.59 Å². The smallest absolute Gasteiger partial charge is 0.480 e. The van der Waals surface area contributed by atoms with Crippen molar-refractivity contribution in [1.82, 2.24) is 5.32 Å². The summed E-state index contributed by atoms with van der Waals surface area (Å²) in [4.78, 5) is 22.5. The van der Waals surface area contributed by atoms with Crippen molar-refractivity contribution in [1.29, 1.82) is 0 Å². The first kappa shape index (κ1) is 20.7. The molecule has 0 aliphatic carbocycles. The van der Waals surface area contributed by atoms with Crippen LogP contribution >= 0.6 is 0 Å². The average molecular weight is 387 g/mol. The molecule has 0 aliphatic rings. The normalized spacial score (nSPS) is 15.8. The second-order valence-electron chi connectivity index (χ2n) is 5.04. The number of nitrogens with one attached hydrogen (secondary N) is 1. The van der Waals surface area contributed by atoms with Gasteiger partial charge in [0.15, 0.2) is 0 Å². The summed E-state index contributed by atoms with van der Waals surface area (Å²) in [6, 6.07) is 1.76. The first-order chi connectivity index (χ1) is 11.2. The Hall–Kier alpha value is -2.37. The Balaban J connectivity index is 2.98. The van der Waals surface area contributed by atoms with Gasteiger partial charge in [0, 0.05) is 0 Å². The number of carbonyl (C=O) groups excluding carboxylic acids is 1. The Morgan fingerprint density at radius 1 is 1.16 bits per heavy atom. The van der Waals surface area contributed by atoms with E-state index in [4.69, 9.17) is 5.11 Å². The van der Waals surface area contributed by atoms with Crippen LogP contribution in [-0.2, 0) is 25.4 Å². The number of hydrogen-bond donors (Lipinski definition) is 2. The molecule has 0 aliphatic heterocycles. The predicted octanol–water partition coefficient (Wildman–Crippen LogP) is 1.69. The third kappa shape index (κ3) is 4.81. The number of rotatable bonds is 6. The fourth-order valence-corrected chi connectivity index (χ4v) is 1.98. The zero-order valence-electron chi connectivity index (χ0n) is 12.8. The van der Waals surface area contributed by atoms with E-state index in [0.29, 0.717) is 0 Å². The van der Waals surface area contributed by atoms with Gasteiger partial charge in [0.25, 0.3) is 5.91 Å². The summed E-state index contributed by atoms with van der Waals surface area (Å²) in [5.74, 6) is -3.43. The van der Waals surface area contributed by atoms with E-state index in [0.717, 1.165) is 38.1 Å². The fraction of sp³-hybridized carbons (Fsp3) is 0.385. The molecule has 0 spiro atoms. The number of halogens is 4. The third-order valence-electron chi connectivity index (χ3n) is 3.03. The standard InChI is InChI=1S/C13H13F4NO6S/c1-7(10(19)20)18-11(21)12(2,14)8-3-5-9(6-4-8)24-25(22,23)13(15,16)17/h3-7H,1-2H3,(H,18,21)(H,19,20)/t7-,12+/m0/s1. The molecule has 12 heteroatoms. The molecule has 0 saturated carbocycles. The summed E-state index contributed by atoms with van der Waals surface area (Å²) >= 11 is 0. The predicted molar refractivity (Wildman–Crippen MR) is 75.7 cm³/mol. The van der Waals surface area contributed by atoms with Crippen LogP contribution in [0.15, 0.2) is 24.3 Å². The molecule has 1 aromatic carbocycles. The summed E-state index contributed by atoms with van der Waals surface area (Å²) in [5.41, 5.74) is -8.70. The van der Waals surface area contributed by atoms with Crippen LogP contribution in [0.5, 0.6) is 5.75 Å². The Labute approximate surface area is 139 Å². The number of aliphatic carboxylic acids is 1. The van der Waals surface area contributed by atoms with E-state index in [1.165, 1.54) is 0 Å². The fourth-order valence-electron chi connectivity index (χ4n) is 1.52. The van der Waals surface area contributed by atoms with Gasteiger partial charge >= 0.3 is 21.6 Å². The number of carbonyl (C=O) groups is 2. The third-order valence-corrected chi connectivity index (χ3v) is 4.01. The summed E-state index contributed by atoms with van der Waals surface area (Å²) in [7, 11) is -5.88. The molecule has 1 aromatic rings. The minimum Gasteiger partial charge on any atom is -0.480 e. The lowest BCUT2D eigenvalue weighted by Crippen LogP contribution is -2.46. The Morgan fingerprint density at radius 3 is 2.04 bits per heavy atom. The lowest BCUT2D eigenvalue weighted by Gasteiger charge is -2.22. The van der Waals surface area contributed by atoms with Gasteiger partial charge in [0.2, 0.25) is 5.67 Å². The molecule has 7 nitrogen and oxygen atoms in total. The van der Waals surface area contributed by atoms with Crippen molar-refractivity contribution in [2.45, 2.75) is 31.1 Å². The van der Waals surface area contributed by atoms with Crippen LogP contribution in [0.4, 0.5) is 17.6 Å². The summed E-state index contributed by atoms with van der Waals surface area (Å²) < 4.78 is 76.7. The van der Waals surface area contributed by atoms with Gasteiger partial charge < -0.3 is 14.6 Å². The molecule has 0 saturated heterocycles. The highest BCUT2D eigenvalue weighted by molar-refractivity contribution is 7.88. The van der Waals surface area contributed by atoms with Crippen LogP contribution in [0.3, 0.4) is 0 Å². The molecule has 25 heavy (non-hydrogen) atoms. The van der Waals surface area contributed by atoms with Gasteiger partial charge in [-0.05, 0) is 31.5 Å². The molecular weight excluding hydrogens is 374 g/mol. The van der Waals surface area contributed by atoms with E-state index in [1.54, 1.807) is 0 Å². The Kier molecular flexibility index (Phi) is 5.67. The molecule has 0 aromatic heterocycles. The zero-order valence-corrected chi connectivity index (χ0v) is 13.6. The molecule has 2 N–H and O–H groups in total. The highest BCUT2D eigenvalue weighted by atomic mass is 32.2. The van der Waals surface area contributed by atoms with Crippen LogP contribution in [0, 0.1) is 0 Å². The first-order valence-corrected chi connectivity index (χ1v) is 7.93. The summed E-state index contributed by atoms with van der Waals surface area (Å²) in [6.07, 6.45) is 0. The highest BCUT2D eigenvalue weighted by Crippen LogP contribution is 2.30. The lowest BCUT2D eigenvalue weighted by molar-refractivity contribution is -0.143. The van der Waals surface area contributed by atoms with Gasteiger partial charge in [0.1, 0.15) is 11.8 Å². The average Bonchev–Trinajstić information content (AvgIpc) is 2.45. The van der Waals surface area contributed by atoms with Crippen LogP contribution in [0.2, 0.25) is 0 Å². The van der Waals surface area contributed by atoms with Gasteiger partial charge in [-0.2, -0.15) is 21.6 Å².